The van der Waals surface area contributed by atoms with Crippen LogP contribution in [0.15, 0.2) is 60.7 Å². The lowest BCUT2D eigenvalue weighted by molar-refractivity contribution is -0.0500. The number of hydrogen-bond donors (Lipinski definition) is 0. The largest absolute Gasteiger partial charge is 0.534 e. The minimum absolute atomic E-state index is 0.384. The highest BCUT2D eigenvalue weighted by atomic mass is 35.5. The molecule has 0 saturated carbocycles. The molecule has 0 aromatic heterocycles. The van der Waals surface area contributed by atoms with Crippen molar-refractivity contribution in [3.05, 3.63) is 98.5 Å². The lowest BCUT2D eigenvalue weighted by Gasteiger charge is -2.18. The van der Waals surface area contributed by atoms with Crippen molar-refractivity contribution in [3.63, 3.8) is 0 Å². The number of hydrogen-bond acceptors (Lipinski definition) is 5. The number of alkyl halides is 3. The summed E-state index contributed by atoms with van der Waals surface area (Å²) in [6.07, 6.45) is 1.96. The third-order valence-electron chi connectivity index (χ3n) is 5.86. The van der Waals surface area contributed by atoms with Gasteiger partial charge in [-0.25, -0.2) is 4.79 Å². The third kappa shape index (κ3) is 5.63. The van der Waals surface area contributed by atoms with E-state index >= 15 is 0 Å². The van der Waals surface area contributed by atoms with Gasteiger partial charge in [0.25, 0.3) is 0 Å². The molecular formula is C26H19Cl2F3O5S. The van der Waals surface area contributed by atoms with E-state index < -0.39 is 27.3 Å². The van der Waals surface area contributed by atoms with Gasteiger partial charge in [0.15, 0.2) is 0 Å². The lowest BCUT2D eigenvalue weighted by atomic mass is 9.87. The van der Waals surface area contributed by atoms with E-state index in [1.54, 1.807) is 36.4 Å². The smallest absolute Gasteiger partial charge is 0.465 e. The van der Waals surface area contributed by atoms with E-state index in [0.717, 1.165) is 46.4 Å². The Hall–Kier alpha value is -3.01. The van der Waals surface area contributed by atoms with Gasteiger partial charge >= 0.3 is 21.6 Å². The Balaban J connectivity index is 1.89. The van der Waals surface area contributed by atoms with Gasteiger partial charge < -0.3 is 8.92 Å². The molecule has 0 saturated heterocycles. The predicted octanol–water partition coefficient (Wildman–Crippen LogP) is 7.30. The molecule has 11 heteroatoms. The number of benzene rings is 3. The molecule has 0 unspecified atom stereocenters. The molecule has 0 bridgehead atoms. The molecule has 0 radical (unpaired) electrons. The Morgan fingerprint density at radius 2 is 1.59 bits per heavy atom. The van der Waals surface area contributed by atoms with Crippen LogP contribution in [0.25, 0.3) is 11.1 Å². The topological polar surface area (TPSA) is 69.7 Å². The first-order chi connectivity index (χ1) is 17.4. The van der Waals surface area contributed by atoms with Crippen molar-refractivity contribution in [2.24, 2.45) is 0 Å². The van der Waals surface area contributed by atoms with Crippen LogP contribution in [0.2, 0.25) is 10.0 Å². The maximum atomic E-state index is 12.7. The van der Waals surface area contributed by atoms with Crippen molar-refractivity contribution in [1.82, 2.24) is 0 Å². The second-order valence-electron chi connectivity index (χ2n) is 8.20. The molecule has 0 spiro atoms. The summed E-state index contributed by atoms with van der Waals surface area (Å²) < 4.78 is 70.1. The van der Waals surface area contributed by atoms with Crippen LogP contribution in [-0.2, 0) is 21.3 Å². The summed E-state index contributed by atoms with van der Waals surface area (Å²) in [5, 5.41) is 0.880. The maximum absolute atomic E-state index is 12.7. The van der Waals surface area contributed by atoms with E-state index in [-0.39, 0.29) is 0 Å². The molecule has 1 aliphatic carbocycles. The Morgan fingerprint density at radius 1 is 0.919 bits per heavy atom. The van der Waals surface area contributed by atoms with Crippen molar-refractivity contribution in [3.8, 4) is 5.75 Å². The van der Waals surface area contributed by atoms with Gasteiger partial charge in [-0.05, 0) is 89.1 Å². The summed E-state index contributed by atoms with van der Waals surface area (Å²) in [6, 6.07) is 15.5. The minimum Gasteiger partial charge on any atom is -0.465 e. The van der Waals surface area contributed by atoms with Crippen LogP contribution in [-0.4, -0.2) is 27.0 Å². The average molecular weight is 571 g/mol. The first kappa shape index (κ1) is 27.0. The van der Waals surface area contributed by atoms with Crippen molar-refractivity contribution in [1.29, 1.82) is 0 Å². The van der Waals surface area contributed by atoms with E-state index in [9.17, 15) is 26.4 Å². The molecule has 3 aromatic rings. The molecule has 0 atom stereocenters. The summed E-state index contributed by atoms with van der Waals surface area (Å²) in [4.78, 5) is 12.1. The summed E-state index contributed by atoms with van der Waals surface area (Å²) in [7, 11) is -4.51. The number of carbonyl (C=O) groups excluding carboxylic acids is 1. The van der Waals surface area contributed by atoms with Gasteiger partial charge in [0, 0.05) is 10.0 Å². The number of rotatable bonds is 5. The van der Waals surface area contributed by atoms with Gasteiger partial charge in [-0.3, -0.25) is 0 Å². The molecule has 194 valence electrons. The molecule has 0 N–H and O–H groups in total. The SMILES string of the molecule is COC(=O)c1ccc2c(c1)CCCC(c1ccc(Cl)cc1Cl)=C2c1ccc(OS(=O)(=O)C(F)(F)F)cc1. The summed E-state index contributed by atoms with van der Waals surface area (Å²) in [5.74, 6) is -0.964. The Morgan fingerprint density at radius 3 is 2.22 bits per heavy atom. The van der Waals surface area contributed by atoms with E-state index in [1.165, 1.54) is 19.2 Å². The van der Waals surface area contributed by atoms with Crippen LogP contribution in [0.3, 0.4) is 0 Å². The van der Waals surface area contributed by atoms with E-state index in [0.29, 0.717) is 34.0 Å². The highest BCUT2D eigenvalue weighted by Gasteiger charge is 2.48. The molecule has 1 aliphatic rings. The lowest BCUT2D eigenvalue weighted by Crippen LogP contribution is -2.28. The monoisotopic (exact) mass is 570 g/mol. The molecule has 3 aromatic carbocycles. The fourth-order valence-electron chi connectivity index (χ4n) is 4.22. The number of methoxy groups -OCH3 is 1. The Kier molecular flexibility index (Phi) is 7.60. The van der Waals surface area contributed by atoms with E-state index in [1.807, 2.05) is 0 Å². The number of fused-ring (bicyclic) bond motifs is 1. The molecule has 4 rings (SSSR count). The number of ether oxygens (including phenoxy) is 1. The van der Waals surface area contributed by atoms with Gasteiger partial charge in [-0.1, -0.05) is 47.5 Å². The highest BCUT2D eigenvalue weighted by Crippen LogP contribution is 2.43. The first-order valence-electron chi connectivity index (χ1n) is 10.9. The first-order valence-corrected chi connectivity index (χ1v) is 13.1. The Bertz CT molecular complexity index is 1500. The number of halogens is 5. The zero-order valence-corrected chi connectivity index (χ0v) is 21.6. The fourth-order valence-corrected chi connectivity index (χ4v) is 5.20. The zero-order valence-electron chi connectivity index (χ0n) is 19.2. The van der Waals surface area contributed by atoms with Gasteiger partial charge in [0.1, 0.15) is 5.75 Å². The highest BCUT2D eigenvalue weighted by molar-refractivity contribution is 7.88. The molecule has 37 heavy (non-hydrogen) atoms. The number of aryl methyl sites for hydroxylation is 1. The standard InChI is InChI=1S/C26H19Cl2F3O5S/c1-35-25(32)17-7-11-20-16(13-17)3-2-4-22(21-12-8-18(27)14-23(21)28)24(20)15-5-9-19(10-6-15)36-37(33,34)26(29,30)31/h5-14H,2-4H2,1H3. The second-order valence-corrected chi connectivity index (χ2v) is 10.6. The number of carbonyl (C=O) groups is 1. The van der Waals surface area contributed by atoms with Crippen molar-refractivity contribution in [2.75, 3.05) is 7.11 Å². The minimum atomic E-state index is -5.81. The number of allylic oxidation sites excluding steroid dienone is 1. The van der Waals surface area contributed by atoms with E-state index in [4.69, 9.17) is 27.9 Å². The van der Waals surface area contributed by atoms with Crippen LogP contribution < -0.4 is 4.18 Å². The fraction of sp³-hybridized carbons (Fsp3) is 0.192. The van der Waals surface area contributed by atoms with Gasteiger partial charge in [0.2, 0.25) is 0 Å². The molecule has 0 aliphatic heterocycles. The summed E-state index contributed by atoms with van der Waals surface area (Å²) in [6.45, 7) is 0. The van der Waals surface area contributed by atoms with Gasteiger partial charge in [-0.15, -0.1) is 0 Å². The van der Waals surface area contributed by atoms with Gasteiger partial charge in [-0.2, -0.15) is 21.6 Å². The normalized spacial score (nSPS) is 14.1. The van der Waals surface area contributed by atoms with Crippen LogP contribution in [0.1, 0.15) is 45.5 Å². The van der Waals surface area contributed by atoms with Crippen molar-refractivity contribution >= 4 is 50.4 Å². The summed E-state index contributed by atoms with van der Waals surface area (Å²) in [5.41, 5.74) is -0.584. The Labute approximate surface area is 221 Å². The van der Waals surface area contributed by atoms with Crippen LogP contribution in [0, 0.1) is 0 Å². The molecule has 5 nitrogen and oxygen atoms in total. The van der Waals surface area contributed by atoms with Crippen LogP contribution in [0.4, 0.5) is 13.2 Å². The second kappa shape index (κ2) is 10.4. The molecule has 0 heterocycles. The average Bonchev–Trinajstić information content (AvgIpc) is 3.02. The molecule has 0 amide bonds. The molecular weight excluding hydrogens is 552 g/mol. The van der Waals surface area contributed by atoms with Crippen molar-refractivity contribution in [2.45, 2.75) is 24.8 Å². The van der Waals surface area contributed by atoms with Crippen LogP contribution in [0.5, 0.6) is 5.75 Å². The maximum Gasteiger partial charge on any atom is 0.534 e. The molecule has 0 fully saturated rings. The third-order valence-corrected chi connectivity index (χ3v) is 7.39. The zero-order chi connectivity index (χ0) is 27.0. The van der Waals surface area contributed by atoms with E-state index in [2.05, 4.69) is 4.18 Å². The number of esters is 1. The predicted molar refractivity (Wildman–Crippen MR) is 135 cm³/mol. The summed E-state index contributed by atoms with van der Waals surface area (Å²) >= 11 is 12.6. The van der Waals surface area contributed by atoms with Gasteiger partial charge in [0.05, 0.1) is 12.7 Å². The van der Waals surface area contributed by atoms with Crippen LogP contribution >= 0.6 is 23.2 Å². The van der Waals surface area contributed by atoms with Crippen molar-refractivity contribution < 1.29 is 35.3 Å². The quantitative estimate of drug-likeness (QED) is 0.183.